The van der Waals surface area contributed by atoms with Gasteiger partial charge in [-0.15, -0.1) is 11.8 Å². The maximum absolute atomic E-state index is 11.8. The van der Waals surface area contributed by atoms with Gasteiger partial charge in [-0.1, -0.05) is 25.1 Å². The van der Waals surface area contributed by atoms with Crippen molar-refractivity contribution in [3.8, 4) is 0 Å². The molecule has 3 amide bonds. The number of hydrogen-bond acceptors (Lipinski definition) is 5. The molecule has 0 aliphatic heterocycles. The zero-order valence-corrected chi connectivity index (χ0v) is 13.4. The minimum absolute atomic E-state index is 0.441. The summed E-state index contributed by atoms with van der Waals surface area (Å²) in [4.78, 5) is 35.4. The van der Waals surface area contributed by atoms with E-state index in [1.54, 1.807) is 6.92 Å². The van der Waals surface area contributed by atoms with Gasteiger partial charge in [0.2, 0.25) is 0 Å². The Labute approximate surface area is 134 Å². The van der Waals surface area contributed by atoms with Gasteiger partial charge >= 0.3 is 12.0 Å². The number of imide groups is 1. The molecule has 6 nitrogen and oxygen atoms in total. The third-order valence-corrected chi connectivity index (χ3v) is 3.61. The first-order valence-corrected chi connectivity index (χ1v) is 7.87. The molecule has 2 N–H and O–H groups in total. The lowest BCUT2D eigenvalue weighted by Crippen LogP contribution is -2.41. The average Bonchev–Trinajstić information content (AvgIpc) is 2.51. The molecular formula is C15H20N2O4S. The van der Waals surface area contributed by atoms with Crippen LogP contribution in [0.15, 0.2) is 35.2 Å². The van der Waals surface area contributed by atoms with Crippen LogP contribution in [-0.2, 0) is 14.3 Å². The quantitative estimate of drug-likeness (QED) is 0.591. The van der Waals surface area contributed by atoms with Crippen LogP contribution < -0.4 is 10.6 Å². The van der Waals surface area contributed by atoms with Crippen LogP contribution in [0.2, 0.25) is 0 Å². The van der Waals surface area contributed by atoms with Crippen LogP contribution in [0.1, 0.15) is 20.3 Å². The van der Waals surface area contributed by atoms with Crippen molar-refractivity contribution in [2.75, 3.05) is 13.2 Å². The van der Waals surface area contributed by atoms with E-state index in [-0.39, 0.29) is 0 Å². The van der Waals surface area contributed by atoms with E-state index in [1.165, 1.54) is 11.8 Å². The molecule has 120 valence electrons. The zero-order chi connectivity index (χ0) is 16.4. The second-order valence-electron chi connectivity index (χ2n) is 4.48. The third-order valence-electron chi connectivity index (χ3n) is 2.52. The van der Waals surface area contributed by atoms with Crippen molar-refractivity contribution in [1.29, 1.82) is 0 Å². The lowest BCUT2D eigenvalue weighted by molar-refractivity contribution is -0.147. The highest BCUT2D eigenvalue weighted by molar-refractivity contribution is 8.00. The SMILES string of the molecule is CCCNC(=O)NC(=O)COC(=O)[C@H](C)Sc1ccccc1. The molecule has 0 unspecified atom stereocenters. The number of amides is 3. The summed E-state index contributed by atoms with van der Waals surface area (Å²) in [6.07, 6.45) is 0.769. The van der Waals surface area contributed by atoms with Gasteiger partial charge in [-0.25, -0.2) is 4.79 Å². The highest BCUT2D eigenvalue weighted by Gasteiger charge is 2.17. The summed E-state index contributed by atoms with van der Waals surface area (Å²) in [5.41, 5.74) is 0. The Morgan fingerprint density at radius 1 is 1.23 bits per heavy atom. The van der Waals surface area contributed by atoms with Gasteiger partial charge in [-0.2, -0.15) is 0 Å². The Bertz CT molecular complexity index is 508. The van der Waals surface area contributed by atoms with Crippen molar-refractivity contribution >= 4 is 29.7 Å². The van der Waals surface area contributed by atoms with Crippen molar-refractivity contribution in [3.05, 3.63) is 30.3 Å². The number of thioether (sulfide) groups is 1. The van der Waals surface area contributed by atoms with E-state index in [2.05, 4.69) is 10.6 Å². The smallest absolute Gasteiger partial charge is 0.321 e. The number of carbonyl (C=O) groups excluding carboxylic acids is 3. The summed E-state index contributed by atoms with van der Waals surface area (Å²) in [6.45, 7) is 3.60. The van der Waals surface area contributed by atoms with E-state index in [1.807, 2.05) is 37.3 Å². The molecule has 0 radical (unpaired) electrons. The van der Waals surface area contributed by atoms with Crippen molar-refractivity contribution in [2.24, 2.45) is 0 Å². The molecule has 0 fully saturated rings. The van der Waals surface area contributed by atoms with E-state index in [4.69, 9.17) is 4.74 Å². The van der Waals surface area contributed by atoms with Gasteiger partial charge in [0.05, 0.1) is 0 Å². The molecule has 1 aromatic carbocycles. The average molecular weight is 324 g/mol. The van der Waals surface area contributed by atoms with Gasteiger partial charge in [0.1, 0.15) is 5.25 Å². The van der Waals surface area contributed by atoms with E-state index in [0.29, 0.717) is 6.54 Å². The molecular weight excluding hydrogens is 304 g/mol. The van der Waals surface area contributed by atoms with Crippen LogP contribution in [0.3, 0.4) is 0 Å². The number of ether oxygens (including phenoxy) is 1. The van der Waals surface area contributed by atoms with Gasteiger partial charge in [-0.05, 0) is 25.5 Å². The molecule has 0 aromatic heterocycles. The highest BCUT2D eigenvalue weighted by atomic mass is 32.2. The van der Waals surface area contributed by atoms with Crippen LogP contribution in [0, 0.1) is 0 Å². The predicted molar refractivity (Wildman–Crippen MR) is 84.6 cm³/mol. The number of carbonyl (C=O) groups is 3. The summed E-state index contributed by atoms with van der Waals surface area (Å²) in [5.74, 6) is -1.16. The standard InChI is InChI=1S/C15H20N2O4S/c1-3-9-16-15(20)17-13(18)10-21-14(19)11(2)22-12-7-5-4-6-8-12/h4-8,11H,3,9-10H2,1-2H3,(H2,16,17,18,20)/t11-/m0/s1. The molecule has 0 aliphatic rings. The van der Waals surface area contributed by atoms with Crippen molar-refractivity contribution in [3.63, 3.8) is 0 Å². The molecule has 1 atom stereocenters. The Balaban J connectivity index is 2.29. The molecule has 7 heteroatoms. The molecule has 0 heterocycles. The normalized spacial score (nSPS) is 11.4. The summed E-state index contributed by atoms with van der Waals surface area (Å²) in [7, 11) is 0. The van der Waals surface area contributed by atoms with E-state index in [0.717, 1.165) is 11.3 Å². The Morgan fingerprint density at radius 3 is 2.55 bits per heavy atom. The summed E-state index contributed by atoms with van der Waals surface area (Å²) in [6, 6.07) is 8.83. The fourth-order valence-corrected chi connectivity index (χ4v) is 2.34. The topological polar surface area (TPSA) is 84.5 Å². The molecule has 0 aliphatic carbocycles. The lowest BCUT2D eigenvalue weighted by Gasteiger charge is -2.11. The molecule has 0 spiro atoms. The lowest BCUT2D eigenvalue weighted by atomic mass is 10.4. The Kier molecular flexibility index (Phi) is 8.06. The van der Waals surface area contributed by atoms with E-state index < -0.39 is 29.8 Å². The van der Waals surface area contributed by atoms with Crippen molar-refractivity contribution < 1.29 is 19.1 Å². The summed E-state index contributed by atoms with van der Waals surface area (Å²) in [5, 5.41) is 4.14. The first-order chi connectivity index (χ1) is 10.5. The van der Waals surface area contributed by atoms with Gasteiger partial charge in [0.15, 0.2) is 6.61 Å². The van der Waals surface area contributed by atoms with E-state index >= 15 is 0 Å². The van der Waals surface area contributed by atoms with Gasteiger partial charge in [0, 0.05) is 11.4 Å². The molecule has 0 saturated carbocycles. The maximum Gasteiger partial charge on any atom is 0.321 e. The first-order valence-electron chi connectivity index (χ1n) is 6.99. The summed E-state index contributed by atoms with van der Waals surface area (Å²) >= 11 is 1.34. The fraction of sp³-hybridized carbons (Fsp3) is 0.400. The first kappa shape index (κ1) is 18.0. The van der Waals surface area contributed by atoms with E-state index in [9.17, 15) is 14.4 Å². The number of urea groups is 1. The highest BCUT2D eigenvalue weighted by Crippen LogP contribution is 2.23. The number of rotatable bonds is 7. The maximum atomic E-state index is 11.8. The van der Waals surface area contributed by atoms with Gasteiger partial charge in [0.25, 0.3) is 5.91 Å². The Hall–Kier alpha value is -2.02. The van der Waals surface area contributed by atoms with Crippen LogP contribution in [0.4, 0.5) is 4.79 Å². The minimum atomic E-state index is -0.654. The molecule has 0 bridgehead atoms. The fourth-order valence-electron chi connectivity index (χ4n) is 1.45. The second kappa shape index (κ2) is 9.83. The van der Waals surface area contributed by atoms with Crippen molar-refractivity contribution in [1.82, 2.24) is 10.6 Å². The largest absolute Gasteiger partial charge is 0.455 e. The van der Waals surface area contributed by atoms with Crippen LogP contribution >= 0.6 is 11.8 Å². The number of esters is 1. The summed E-state index contributed by atoms with van der Waals surface area (Å²) < 4.78 is 4.89. The minimum Gasteiger partial charge on any atom is -0.455 e. The van der Waals surface area contributed by atoms with Crippen molar-refractivity contribution in [2.45, 2.75) is 30.4 Å². The monoisotopic (exact) mass is 324 g/mol. The van der Waals surface area contributed by atoms with Crippen LogP contribution in [-0.4, -0.2) is 36.3 Å². The number of nitrogens with one attached hydrogen (secondary N) is 2. The number of hydrogen-bond donors (Lipinski definition) is 2. The molecule has 1 aromatic rings. The second-order valence-corrected chi connectivity index (χ2v) is 5.90. The zero-order valence-electron chi connectivity index (χ0n) is 12.6. The number of benzene rings is 1. The van der Waals surface area contributed by atoms with Gasteiger partial charge in [-0.3, -0.25) is 14.9 Å². The van der Waals surface area contributed by atoms with Crippen LogP contribution in [0.25, 0.3) is 0 Å². The molecule has 0 saturated heterocycles. The molecule has 1 rings (SSSR count). The van der Waals surface area contributed by atoms with Crippen LogP contribution in [0.5, 0.6) is 0 Å². The van der Waals surface area contributed by atoms with Gasteiger partial charge < -0.3 is 10.1 Å². The molecule has 22 heavy (non-hydrogen) atoms. The predicted octanol–water partition coefficient (Wildman–Crippen LogP) is 1.95. The Morgan fingerprint density at radius 2 is 1.91 bits per heavy atom. The third kappa shape index (κ3) is 7.12.